The summed E-state index contributed by atoms with van der Waals surface area (Å²) < 4.78 is 13.4. The molecule has 1 radical (unpaired) electrons. The normalized spacial score (nSPS) is 13.0. The summed E-state index contributed by atoms with van der Waals surface area (Å²) >= 11 is 0. The number of aryl methyl sites for hydroxylation is 1. The van der Waals surface area contributed by atoms with E-state index in [0.717, 1.165) is 12.0 Å². The van der Waals surface area contributed by atoms with Crippen molar-refractivity contribution in [3.05, 3.63) is 42.1 Å². The molecule has 1 atom stereocenters. The van der Waals surface area contributed by atoms with Crippen LogP contribution in [-0.2, 0) is 0 Å². The van der Waals surface area contributed by atoms with E-state index in [-0.39, 0.29) is 11.7 Å². The van der Waals surface area contributed by atoms with Gasteiger partial charge in [0.15, 0.2) is 0 Å². The van der Waals surface area contributed by atoms with Gasteiger partial charge in [-0.15, -0.1) is 0 Å². The number of rotatable bonds is 2. The predicted octanol–water partition coefficient (Wildman–Crippen LogP) is 3.46. The molecule has 0 N–H and O–H groups in total. The lowest BCUT2D eigenvalue weighted by Gasteiger charge is -2.10. The molecule has 0 amide bonds. The molecule has 1 heteroatoms. The van der Waals surface area contributed by atoms with Gasteiger partial charge in [-0.3, -0.25) is 0 Å². The van der Waals surface area contributed by atoms with Crippen molar-refractivity contribution in [1.29, 1.82) is 0 Å². The Morgan fingerprint density at radius 3 is 2.75 bits per heavy atom. The molecule has 0 fully saturated rings. The molecule has 0 aliphatic carbocycles. The van der Waals surface area contributed by atoms with Crippen molar-refractivity contribution in [2.45, 2.75) is 26.2 Å². The third-order valence-electron chi connectivity index (χ3n) is 2.15. The van der Waals surface area contributed by atoms with Crippen LogP contribution in [0.4, 0.5) is 4.39 Å². The van der Waals surface area contributed by atoms with Gasteiger partial charge in [0.05, 0.1) is 0 Å². The number of hydrogen-bond acceptors (Lipinski definition) is 0. The predicted molar refractivity (Wildman–Crippen MR) is 49.5 cm³/mol. The molecular weight excluding hydrogens is 151 g/mol. The van der Waals surface area contributed by atoms with Crippen molar-refractivity contribution in [2.75, 3.05) is 0 Å². The zero-order chi connectivity index (χ0) is 9.14. The van der Waals surface area contributed by atoms with Gasteiger partial charge in [0, 0.05) is 0 Å². The quantitative estimate of drug-likeness (QED) is 0.629. The van der Waals surface area contributed by atoms with Crippen molar-refractivity contribution in [3.63, 3.8) is 0 Å². The molecule has 0 bridgehead atoms. The van der Waals surface area contributed by atoms with E-state index >= 15 is 0 Å². The van der Waals surface area contributed by atoms with Crippen molar-refractivity contribution in [3.8, 4) is 0 Å². The lowest BCUT2D eigenvalue weighted by molar-refractivity contribution is 0.587. The fourth-order valence-electron chi connectivity index (χ4n) is 1.21. The minimum atomic E-state index is -0.0978. The van der Waals surface area contributed by atoms with Crippen molar-refractivity contribution in [2.24, 2.45) is 0 Å². The maximum absolute atomic E-state index is 13.4. The van der Waals surface area contributed by atoms with Crippen LogP contribution in [0.3, 0.4) is 0 Å². The van der Waals surface area contributed by atoms with Gasteiger partial charge in [-0.25, -0.2) is 4.39 Å². The zero-order valence-corrected chi connectivity index (χ0v) is 7.60. The fraction of sp³-hybridized carbons (Fsp3) is 0.364. The molecule has 0 aliphatic heterocycles. The van der Waals surface area contributed by atoms with Gasteiger partial charge in [-0.2, -0.15) is 0 Å². The Kier molecular flexibility index (Phi) is 2.85. The van der Waals surface area contributed by atoms with Crippen molar-refractivity contribution < 1.29 is 4.39 Å². The molecule has 1 unspecified atom stereocenters. The second-order valence-corrected chi connectivity index (χ2v) is 3.08. The summed E-state index contributed by atoms with van der Waals surface area (Å²) in [5.41, 5.74) is 1.44. The first-order valence-electron chi connectivity index (χ1n) is 4.25. The van der Waals surface area contributed by atoms with Crippen LogP contribution in [0.25, 0.3) is 0 Å². The second kappa shape index (κ2) is 3.70. The fourth-order valence-corrected chi connectivity index (χ4v) is 1.21. The van der Waals surface area contributed by atoms with E-state index in [1.165, 1.54) is 0 Å². The molecular formula is C11H14F. The Balaban J connectivity index is 3.07. The van der Waals surface area contributed by atoms with Crippen molar-refractivity contribution >= 4 is 0 Å². The smallest absolute Gasteiger partial charge is 0.129 e. The first-order valence-corrected chi connectivity index (χ1v) is 4.25. The summed E-state index contributed by atoms with van der Waals surface area (Å²) in [6.07, 6.45) is 0.875. The molecule has 0 spiro atoms. The first kappa shape index (κ1) is 9.24. The average Bonchev–Trinajstić information content (AvgIpc) is 2.08. The Labute approximate surface area is 73.4 Å². The summed E-state index contributed by atoms with van der Waals surface area (Å²) in [6, 6.07) is 5.46. The molecule has 0 aromatic heterocycles. The zero-order valence-electron chi connectivity index (χ0n) is 7.60. The number of halogens is 1. The van der Waals surface area contributed by atoms with Crippen LogP contribution in [0.2, 0.25) is 0 Å². The Morgan fingerprint density at radius 2 is 2.17 bits per heavy atom. The van der Waals surface area contributed by atoms with E-state index in [1.807, 2.05) is 19.1 Å². The van der Waals surface area contributed by atoms with Gasteiger partial charge in [0.1, 0.15) is 5.82 Å². The third-order valence-corrected chi connectivity index (χ3v) is 2.15. The average molecular weight is 165 g/mol. The van der Waals surface area contributed by atoms with Crippen LogP contribution < -0.4 is 0 Å². The summed E-state index contributed by atoms with van der Waals surface area (Å²) in [4.78, 5) is 0. The van der Waals surface area contributed by atoms with Crippen molar-refractivity contribution in [1.82, 2.24) is 0 Å². The minimum absolute atomic E-state index is 0.0740. The van der Waals surface area contributed by atoms with Crippen LogP contribution in [-0.4, -0.2) is 0 Å². The lowest BCUT2D eigenvalue weighted by atomic mass is 9.96. The highest BCUT2D eigenvalue weighted by molar-refractivity contribution is 5.28. The first-order chi connectivity index (χ1) is 5.66. The topological polar surface area (TPSA) is 0 Å². The van der Waals surface area contributed by atoms with Gasteiger partial charge < -0.3 is 0 Å². The molecule has 65 valence electrons. The van der Waals surface area contributed by atoms with Gasteiger partial charge in [-0.1, -0.05) is 25.1 Å². The standard InChI is InChI=1S/C11H14F/c1-4-8(2)10-7-5-6-9(3)11(10)12/h5-8H,2,4H2,1,3H3. The van der Waals surface area contributed by atoms with Gasteiger partial charge in [-0.05, 0) is 37.3 Å². The van der Waals surface area contributed by atoms with Crippen LogP contribution in [0.1, 0.15) is 30.4 Å². The summed E-state index contributed by atoms with van der Waals surface area (Å²) in [5.74, 6) is -0.0238. The van der Waals surface area contributed by atoms with E-state index in [2.05, 4.69) is 6.92 Å². The van der Waals surface area contributed by atoms with E-state index in [4.69, 9.17) is 0 Å². The highest BCUT2D eigenvalue weighted by atomic mass is 19.1. The molecule has 1 aromatic rings. The molecule has 0 saturated heterocycles. The second-order valence-electron chi connectivity index (χ2n) is 3.08. The Morgan fingerprint density at radius 1 is 1.50 bits per heavy atom. The summed E-state index contributed by atoms with van der Waals surface area (Å²) in [7, 11) is 0. The molecule has 0 saturated carbocycles. The Bertz CT molecular complexity index is 266. The van der Waals surface area contributed by atoms with E-state index in [9.17, 15) is 4.39 Å². The monoisotopic (exact) mass is 165 g/mol. The van der Waals surface area contributed by atoms with Crippen LogP contribution in [0, 0.1) is 19.7 Å². The highest BCUT2D eigenvalue weighted by Crippen LogP contribution is 2.22. The SMILES string of the molecule is [CH2]C(CC)c1cccc(C)c1F. The number of benzene rings is 1. The van der Waals surface area contributed by atoms with E-state index in [0.29, 0.717) is 5.56 Å². The summed E-state index contributed by atoms with van der Waals surface area (Å²) in [6.45, 7) is 7.68. The highest BCUT2D eigenvalue weighted by Gasteiger charge is 2.09. The van der Waals surface area contributed by atoms with Gasteiger partial charge in [0.25, 0.3) is 0 Å². The van der Waals surface area contributed by atoms with Crippen LogP contribution in [0.15, 0.2) is 18.2 Å². The summed E-state index contributed by atoms with van der Waals surface area (Å²) in [5, 5.41) is 0. The maximum atomic E-state index is 13.4. The lowest BCUT2D eigenvalue weighted by Crippen LogP contribution is -1.97. The van der Waals surface area contributed by atoms with Crippen LogP contribution >= 0.6 is 0 Å². The molecule has 0 heterocycles. The van der Waals surface area contributed by atoms with E-state index < -0.39 is 0 Å². The molecule has 1 aromatic carbocycles. The number of hydrogen-bond donors (Lipinski definition) is 0. The maximum Gasteiger partial charge on any atom is 0.129 e. The minimum Gasteiger partial charge on any atom is -0.206 e. The molecule has 12 heavy (non-hydrogen) atoms. The molecule has 1 rings (SSSR count). The molecule has 0 nitrogen and oxygen atoms in total. The largest absolute Gasteiger partial charge is 0.206 e. The van der Waals surface area contributed by atoms with Gasteiger partial charge >= 0.3 is 0 Å². The third kappa shape index (κ3) is 1.66. The van der Waals surface area contributed by atoms with Gasteiger partial charge in [0.2, 0.25) is 0 Å². The Hall–Kier alpha value is -0.850. The van der Waals surface area contributed by atoms with Crippen LogP contribution in [0.5, 0.6) is 0 Å². The molecule has 0 aliphatic rings. The van der Waals surface area contributed by atoms with E-state index in [1.54, 1.807) is 13.0 Å².